The second-order valence-electron chi connectivity index (χ2n) is 11.3. The lowest BCUT2D eigenvalue weighted by Gasteiger charge is -2.30. The topological polar surface area (TPSA) is 105 Å². The van der Waals surface area contributed by atoms with Crippen molar-refractivity contribution >= 4 is 38.2 Å². The Labute approximate surface area is 254 Å². The molecule has 0 aliphatic carbocycles. The van der Waals surface area contributed by atoms with Crippen molar-refractivity contribution in [3.8, 4) is 0 Å². The molecular weight excluding hydrogens is 571 g/mol. The Hall–Kier alpha value is -2.86. The molecule has 0 saturated heterocycles. The summed E-state index contributed by atoms with van der Waals surface area (Å²) < 4.78 is 29.7. The maximum atomic E-state index is 13.8. The quantitative estimate of drug-likeness (QED) is 0.274. The molecular formula is C31H43N5O4S2. The van der Waals surface area contributed by atoms with Crippen molar-refractivity contribution in [3.05, 3.63) is 63.3 Å². The molecule has 0 saturated carbocycles. The van der Waals surface area contributed by atoms with Crippen LogP contribution in [0.1, 0.15) is 95.9 Å². The molecule has 1 amide bonds. The van der Waals surface area contributed by atoms with E-state index in [0.717, 1.165) is 54.1 Å². The fourth-order valence-electron chi connectivity index (χ4n) is 5.24. The standard InChI is InChI=1S/C31H43N5O4S2/c1-7-9-16-35(17-10-8-2)42(39,40)25-13-11-24(12-14-25)29(37)32-30-28(31(38)36-23(6)19-22(5)33-36)26-15-18-34(21(3)4)20-27(26)41-30/h11-14,19,21H,7-10,15-18,20H2,1-6H3,(H,32,37). The van der Waals surface area contributed by atoms with Crippen LogP contribution in [0.25, 0.3) is 0 Å². The summed E-state index contributed by atoms with van der Waals surface area (Å²) in [4.78, 5) is 30.8. The zero-order chi connectivity index (χ0) is 30.6. The smallest absolute Gasteiger partial charge is 0.281 e. The first kappa shape index (κ1) is 32.1. The van der Waals surface area contributed by atoms with E-state index in [1.165, 1.54) is 40.3 Å². The third-order valence-corrected chi connectivity index (χ3v) is 10.8. The number of anilines is 1. The SMILES string of the molecule is CCCCN(CCCC)S(=O)(=O)c1ccc(C(=O)Nc2sc3c(c2C(=O)n2nc(C)cc2C)CCN(C(C)C)C3)cc1. The van der Waals surface area contributed by atoms with Gasteiger partial charge in [-0.25, -0.2) is 13.1 Å². The Bertz CT molecular complexity index is 1520. The van der Waals surface area contributed by atoms with Gasteiger partial charge < -0.3 is 5.32 Å². The van der Waals surface area contributed by atoms with Gasteiger partial charge in [0.2, 0.25) is 10.0 Å². The highest BCUT2D eigenvalue weighted by Gasteiger charge is 2.31. The maximum Gasteiger partial charge on any atom is 0.281 e. The van der Waals surface area contributed by atoms with Gasteiger partial charge in [-0.15, -0.1) is 11.3 Å². The number of fused-ring (bicyclic) bond motifs is 1. The van der Waals surface area contributed by atoms with E-state index in [1.807, 2.05) is 33.8 Å². The molecule has 3 heterocycles. The zero-order valence-corrected chi connectivity index (χ0v) is 27.2. The molecule has 0 bridgehead atoms. The molecule has 4 rings (SSSR count). The molecule has 11 heteroatoms. The minimum atomic E-state index is -3.67. The third-order valence-electron chi connectivity index (χ3n) is 7.74. The Morgan fingerprint density at radius 1 is 1.07 bits per heavy atom. The first-order chi connectivity index (χ1) is 20.0. The van der Waals surface area contributed by atoms with Crippen LogP contribution in [-0.4, -0.2) is 64.9 Å². The van der Waals surface area contributed by atoms with E-state index in [0.29, 0.717) is 48.2 Å². The Morgan fingerprint density at radius 3 is 2.26 bits per heavy atom. The molecule has 228 valence electrons. The van der Waals surface area contributed by atoms with Gasteiger partial charge in [0.25, 0.3) is 11.8 Å². The van der Waals surface area contributed by atoms with Crippen LogP contribution < -0.4 is 5.32 Å². The van der Waals surface area contributed by atoms with Gasteiger partial charge >= 0.3 is 0 Å². The highest BCUT2D eigenvalue weighted by atomic mass is 32.2. The van der Waals surface area contributed by atoms with Gasteiger partial charge in [-0.1, -0.05) is 26.7 Å². The van der Waals surface area contributed by atoms with Crippen molar-refractivity contribution in [2.75, 3.05) is 25.0 Å². The fraction of sp³-hybridized carbons (Fsp3) is 0.516. The van der Waals surface area contributed by atoms with Crippen LogP contribution in [0.3, 0.4) is 0 Å². The maximum absolute atomic E-state index is 13.8. The zero-order valence-electron chi connectivity index (χ0n) is 25.6. The van der Waals surface area contributed by atoms with Crippen LogP contribution in [0, 0.1) is 13.8 Å². The van der Waals surface area contributed by atoms with E-state index in [1.54, 1.807) is 4.31 Å². The van der Waals surface area contributed by atoms with Crippen molar-refractivity contribution in [1.82, 2.24) is 19.0 Å². The number of hydrogen-bond acceptors (Lipinski definition) is 7. The molecule has 0 fully saturated rings. The van der Waals surface area contributed by atoms with Crippen molar-refractivity contribution < 1.29 is 18.0 Å². The Morgan fingerprint density at radius 2 is 1.71 bits per heavy atom. The molecule has 1 aromatic carbocycles. The van der Waals surface area contributed by atoms with E-state index < -0.39 is 15.9 Å². The van der Waals surface area contributed by atoms with E-state index in [9.17, 15) is 18.0 Å². The van der Waals surface area contributed by atoms with Crippen molar-refractivity contribution in [1.29, 1.82) is 0 Å². The number of carbonyl (C=O) groups is 2. The van der Waals surface area contributed by atoms with E-state index in [2.05, 4.69) is 29.2 Å². The average Bonchev–Trinajstić information content (AvgIpc) is 3.50. The summed E-state index contributed by atoms with van der Waals surface area (Å²) in [6, 6.07) is 8.29. The summed E-state index contributed by atoms with van der Waals surface area (Å²) in [6.07, 6.45) is 4.11. The van der Waals surface area contributed by atoms with E-state index in [4.69, 9.17) is 0 Å². The van der Waals surface area contributed by atoms with Crippen LogP contribution in [-0.2, 0) is 23.0 Å². The van der Waals surface area contributed by atoms with E-state index >= 15 is 0 Å². The highest BCUT2D eigenvalue weighted by Crippen LogP contribution is 2.38. The van der Waals surface area contributed by atoms with Crippen molar-refractivity contribution in [2.24, 2.45) is 0 Å². The molecule has 2 aromatic heterocycles. The van der Waals surface area contributed by atoms with Gasteiger partial charge in [0, 0.05) is 48.4 Å². The number of hydrogen-bond donors (Lipinski definition) is 1. The van der Waals surface area contributed by atoms with Crippen LogP contribution in [0.4, 0.5) is 5.00 Å². The average molecular weight is 614 g/mol. The lowest BCUT2D eigenvalue weighted by atomic mass is 10.0. The van der Waals surface area contributed by atoms with Crippen molar-refractivity contribution in [3.63, 3.8) is 0 Å². The van der Waals surface area contributed by atoms with Crippen LogP contribution in [0.15, 0.2) is 35.2 Å². The monoisotopic (exact) mass is 613 g/mol. The number of aromatic nitrogens is 2. The van der Waals surface area contributed by atoms with E-state index in [-0.39, 0.29) is 10.8 Å². The second-order valence-corrected chi connectivity index (χ2v) is 14.3. The Kier molecular flexibility index (Phi) is 10.4. The molecule has 0 radical (unpaired) electrons. The lowest BCUT2D eigenvalue weighted by molar-refractivity contribution is 0.0941. The van der Waals surface area contributed by atoms with Gasteiger partial charge in [-0.3, -0.25) is 14.5 Å². The molecule has 1 aliphatic rings. The number of nitrogens with zero attached hydrogens (tertiary/aromatic N) is 4. The number of benzene rings is 1. The number of unbranched alkanes of at least 4 members (excludes halogenated alkanes) is 2. The number of nitrogens with one attached hydrogen (secondary N) is 1. The molecule has 9 nitrogen and oxygen atoms in total. The summed E-state index contributed by atoms with van der Waals surface area (Å²) >= 11 is 1.43. The molecule has 3 aromatic rings. The van der Waals surface area contributed by atoms with Gasteiger partial charge in [-0.05, 0) is 82.9 Å². The van der Waals surface area contributed by atoms with Crippen molar-refractivity contribution in [2.45, 2.75) is 91.1 Å². The fourth-order valence-corrected chi connectivity index (χ4v) is 8.02. The minimum absolute atomic E-state index is 0.173. The normalized spacial score (nSPS) is 14.0. The molecule has 1 aliphatic heterocycles. The van der Waals surface area contributed by atoms with Crippen LogP contribution in [0.5, 0.6) is 0 Å². The second kappa shape index (κ2) is 13.6. The van der Waals surface area contributed by atoms with Gasteiger partial charge in [0.15, 0.2) is 0 Å². The predicted octanol–water partition coefficient (Wildman–Crippen LogP) is 5.86. The van der Waals surface area contributed by atoms with Gasteiger partial charge in [0.1, 0.15) is 5.00 Å². The summed E-state index contributed by atoms with van der Waals surface area (Å²) in [5.74, 6) is -0.651. The summed E-state index contributed by atoms with van der Waals surface area (Å²) in [5.41, 5.74) is 3.25. The number of amides is 1. The van der Waals surface area contributed by atoms with Crippen LogP contribution in [0.2, 0.25) is 0 Å². The number of carbonyl (C=O) groups excluding carboxylic acids is 2. The molecule has 0 atom stereocenters. The minimum Gasteiger partial charge on any atom is -0.313 e. The molecule has 0 spiro atoms. The Balaban J connectivity index is 1.62. The molecule has 42 heavy (non-hydrogen) atoms. The summed E-state index contributed by atoms with van der Waals surface area (Å²) in [5, 5.41) is 7.88. The highest BCUT2D eigenvalue weighted by molar-refractivity contribution is 7.89. The van der Waals surface area contributed by atoms with Gasteiger partial charge in [-0.2, -0.15) is 9.40 Å². The lowest BCUT2D eigenvalue weighted by Crippen LogP contribution is -2.35. The third kappa shape index (κ3) is 6.85. The molecule has 0 unspecified atom stereocenters. The predicted molar refractivity (Wildman–Crippen MR) is 168 cm³/mol. The summed E-state index contributed by atoms with van der Waals surface area (Å²) in [7, 11) is -3.67. The first-order valence-corrected chi connectivity index (χ1v) is 17.1. The number of aryl methyl sites for hydroxylation is 2. The summed E-state index contributed by atoms with van der Waals surface area (Å²) in [6.45, 7) is 14.6. The van der Waals surface area contributed by atoms with Gasteiger partial charge in [0.05, 0.1) is 16.2 Å². The number of rotatable bonds is 12. The largest absolute Gasteiger partial charge is 0.313 e. The number of sulfonamides is 1. The number of thiophene rings is 1. The molecule has 1 N–H and O–H groups in total. The first-order valence-electron chi connectivity index (χ1n) is 14.9. The van der Waals surface area contributed by atoms with Crippen LogP contribution >= 0.6 is 11.3 Å².